The van der Waals surface area contributed by atoms with Gasteiger partial charge in [-0.15, -0.1) is 0 Å². The molecule has 1 atom stereocenters. The Bertz CT molecular complexity index is 608. The Labute approximate surface area is 125 Å². The summed E-state index contributed by atoms with van der Waals surface area (Å²) in [4.78, 5) is 0. The Kier molecular flexibility index (Phi) is 4.29. The van der Waals surface area contributed by atoms with Crippen LogP contribution in [0.25, 0.3) is 0 Å². The molecule has 0 bridgehead atoms. The van der Waals surface area contributed by atoms with E-state index in [0.717, 1.165) is 16.7 Å². The van der Waals surface area contributed by atoms with Crippen LogP contribution in [0.2, 0.25) is 5.02 Å². The van der Waals surface area contributed by atoms with Crippen molar-refractivity contribution in [3.05, 3.63) is 67.9 Å². The molecule has 0 amide bonds. The zero-order valence-electron chi connectivity index (χ0n) is 10.7. The summed E-state index contributed by atoms with van der Waals surface area (Å²) in [7, 11) is 0. The molecule has 0 spiro atoms. The SMILES string of the molecule is Cc1cc(Cl)c(C(N)c2cc(F)cc(Br)c2)cc1C. The molecule has 1 unspecified atom stereocenters. The van der Waals surface area contributed by atoms with Gasteiger partial charge in [-0.3, -0.25) is 0 Å². The lowest BCUT2D eigenvalue weighted by atomic mass is 9.96. The highest BCUT2D eigenvalue weighted by Crippen LogP contribution is 2.30. The number of halogens is 3. The van der Waals surface area contributed by atoms with Crippen molar-refractivity contribution >= 4 is 27.5 Å². The molecular weight excluding hydrogens is 329 g/mol. The van der Waals surface area contributed by atoms with Crippen molar-refractivity contribution in [1.29, 1.82) is 0 Å². The van der Waals surface area contributed by atoms with E-state index >= 15 is 0 Å². The van der Waals surface area contributed by atoms with Crippen LogP contribution in [0.1, 0.15) is 28.3 Å². The standard InChI is InChI=1S/C15H14BrClFN/c1-8-3-13(14(17)4-9(8)2)15(19)10-5-11(16)7-12(18)6-10/h3-7,15H,19H2,1-2H3. The number of nitrogens with two attached hydrogens (primary N) is 1. The Morgan fingerprint density at radius 3 is 2.37 bits per heavy atom. The first-order chi connectivity index (χ1) is 8.88. The lowest BCUT2D eigenvalue weighted by Gasteiger charge is -2.16. The van der Waals surface area contributed by atoms with Crippen LogP contribution in [0.5, 0.6) is 0 Å². The monoisotopic (exact) mass is 341 g/mol. The van der Waals surface area contributed by atoms with E-state index in [0.29, 0.717) is 15.1 Å². The third-order valence-electron chi connectivity index (χ3n) is 3.19. The summed E-state index contributed by atoms with van der Waals surface area (Å²) in [6.45, 7) is 4.00. The smallest absolute Gasteiger partial charge is 0.124 e. The van der Waals surface area contributed by atoms with E-state index in [1.807, 2.05) is 26.0 Å². The van der Waals surface area contributed by atoms with Gasteiger partial charge in [-0.2, -0.15) is 0 Å². The third kappa shape index (κ3) is 3.16. The van der Waals surface area contributed by atoms with Crippen LogP contribution < -0.4 is 5.73 Å². The van der Waals surface area contributed by atoms with Crippen molar-refractivity contribution in [3.63, 3.8) is 0 Å². The van der Waals surface area contributed by atoms with Crippen LogP contribution in [-0.4, -0.2) is 0 Å². The average Bonchev–Trinajstić information content (AvgIpc) is 2.31. The molecule has 1 nitrogen and oxygen atoms in total. The van der Waals surface area contributed by atoms with Gasteiger partial charge in [-0.25, -0.2) is 4.39 Å². The minimum atomic E-state index is -0.446. The van der Waals surface area contributed by atoms with Gasteiger partial charge < -0.3 is 5.73 Å². The van der Waals surface area contributed by atoms with Gasteiger partial charge in [0.15, 0.2) is 0 Å². The molecule has 2 aromatic carbocycles. The highest BCUT2D eigenvalue weighted by molar-refractivity contribution is 9.10. The Morgan fingerprint density at radius 1 is 1.11 bits per heavy atom. The largest absolute Gasteiger partial charge is 0.320 e. The summed E-state index contributed by atoms with van der Waals surface area (Å²) in [5.74, 6) is -0.320. The first-order valence-corrected chi connectivity index (χ1v) is 7.04. The van der Waals surface area contributed by atoms with Crippen molar-refractivity contribution < 1.29 is 4.39 Å². The van der Waals surface area contributed by atoms with Crippen LogP contribution in [0.4, 0.5) is 4.39 Å². The molecule has 100 valence electrons. The molecule has 0 radical (unpaired) electrons. The van der Waals surface area contributed by atoms with Crippen LogP contribution >= 0.6 is 27.5 Å². The van der Waals surface area contributed by atoms with E-state index in [4.69, 9.17) is 17.3 Å². The maximum absolute atomic E-state index is 13.4. The van der Waals surface area contributed by atoms with E-state index in [-0.39, 0.29) is 5.82 Å². The fourth-order valence-corrected chi connectivity index (χ4v) is 2.79. The van der Waals surface area contributed by atoms with E-state index < -0.39 is 6.04 Å². The fraction of sp³-hybridized carbons (Fsp3) is 0.200. The van der Waals surface area contributed by atoms with Crippen molar-refractivity contribution in [3.8, 4) is 0 Å². The number of hydrogen-bond acceptors (Lipinski definition) is 1. The Balaban J connectivity index is 2.49. The summed E-state index contributed by atoms with van der Waals surface area (Å²) < 4.78 is 14.1. The van der Waals surface area contributed by atoms with E-state index in [1.165, 1.54) is 12.1 Å². The molecule has 0 aliphatic rings. The fourth-order valence-electron chi connectivity index (χ4n) is 1.98. The molecule has 2 aromatic rings. The van der Waals surface area contributed by atoms with Crippen LogP contribution in [0, 0.1) is 19.7 Å². The zero-order valence-corrected chi connectivity index (χ0v) is 13.0. The van der Waals surface area contributed by atoms with Gasteiger partial charge in [0.05, 0.1) is 6.04 Å². The number of aryl methyl sites for hydroxylation is 2. The molecular formula is C15H14BrClFN. The third-order valence-corrected chi connectivity index (χ3v) is 3.98. The van der Waals surface area contributed by atoms with Gasteiger partial charge in [0.2, 0.25) is 0 Å². The van der Waals surface area contributed by atoms with Gasteiger partial charge in [0.1, 0.15) is 5.82 Å². The molecule has 0 saturated heterocycles. The van der Waals surface area contributed by atoms with Gasteiger partial charge in [-0.05, 0) is 60.4 Å². The van der Waals surface area contributed by atoms with E-state index in [9.17, 15) is 4.39 Å². The van der Waals surface area contributed by atoms with Gasteiger partial charge in [0, 0.05) is 9.50 Å². The van der Waals surface area contributed by atoms with E-state index in [2.05, 4.69) is 15.9 Å². The van der Waals surface area contributed by atoms with Gasteiger partial charge in [0.25, 0.3) is 0 Å². The molecule has 0 fully saturated rings. The van der Waals surface area contributed by atoms with Crippen molar-refractivity contribution in [1.82, 2.24) is 0 Å². The minimum Gasteiger partial charge on any atom is -0.320 e. The van der Waals surface area contributed by atoms with Crippen LogP contribution in [0.3, 0.4) is 0 Å². The van der Waals surface area contributed by atoms with Crippen molar-refractivity contribution in [2.24, 2.45) is 5.73 Å². The number of rotatable bonds is 2. The molecule has 0 aliphatic heterocycles. The van der Waals surface area contributed by atoms with Gasteiger partial charge in [-0.1, -0.05) is 33.6 Å². The van der Waals surface area contributed by atoms with Crippen molar-refractivity contribution in [2.75, 3.05) is 0 Å². The summed E-state index contributed by atoms with van der Waals surface area (Å²) in [6.07, 6.45) is 0. The Hall–Kier alpha value is -0.900. The highest BCUT2D eigenvalue weighted by Gasteiger charge is 2.15. The number of hydrogen-bond donors (Lipinski definition) is 1. The molecule has 2 rings (SSSR count). The predicted molar refractivity (Wildman–Crippen MR) is 81.1 cm³/mol. The molecule has 0 saturated carbocycles. The molecule has 0 aromatic heterocycles. The van der Waals surface area contributed by atoms with Gasteiger partial charge >= 0.3 is 0 Å². The summed E-state index contributed by atoms with van der Waals surface area (Å²) in [6, 6.07) is 8.04. The maximum atomic E-state index is 13.4. The molecule has 4 heteroatoms. The van der Waals surface area contributed by atoms with Crippen LogP contribution in [-0.2, 0) is 0 Å². The van der Waals surface area contributed by atoms with E-state index in [1.54, 1.807) is 6.07 Å². The minimum absolute atomic E-state index is 0.320. The lowest BCUT2D eigenvalue weighted by molar-refractivity contribution is 0.622. The summed E-state index contributed by atoms with van der Waals surface area (Å²) >= 11 is 9.51. The highest BCUT2D eigenvalue weighted by atomic mass is 79.9. The Morgan fingerprint density at radius 2 is 1.74 bits per heavy atom. The second-order valence-corrected chi connectivity index (χ2v) is 5.96. The van der Waals surface area contributed by atoms with Crippen molar-refractivity contribution in [2.45, 2.75) is 19.9 Å². The maximum Gasteiger partial charge on any atom is 0.124 e. The second kappa shape index (κ2) is 5.61. The average molecular weight is 343 g/mol. The summed E-state index contributed by atoms with van der Waals surface area (Å²) in [5, 5.41) is 0.607. The molecule has 0 aliphatic carbocycles. The molecule has 19 heavy (non-hydrogen) atoms. The normalized spacial score (nSPS) is 12.5. The molecule has 0 heterocycles. The lowest BCUT2D eigenvalue weighted by Crippen LogP contribution is -2.13. The van der Waals surface area contributed by atoms with Crippen LogP contribution in [0.15, 0.2) is 34.8 Å². The first kappa shape index (κ1) is 14.5. The second-order valence-electron chi connectivity index (χ2n) is 4.64. The first-order valence-electron chi connectivity index (χ1n) is 5.86. The topological polar surface area (TPSA) is 26.0 Å². The number of benzene rings is 2. The zero-order chi connectivity index (χ0) is 14.2. The summed E-state index contributed by atoms with van der Waals surface area (Å²) in [5.41, 5.74) is 9.93. The molecule has 2 N–H and O–H groups in total. The predicted octanol–water partition coefficient (Wildman–Crippen LogP) is 4.91. The quantitative estimate of drug-likeness (QED) is 0.825.